The van der Waals surface area contributed by atoms with Crippen molar-refractivity contribution in [3.8, 4) is 0 Å². The fraction of sp³-hybridized carbons (Fsp3) is 0.500. The van der Waals surface area contributed by atoms with Crippen molar-refractivity contribution in [3.63, 3.8) is 0 Å². The van der Waals surface area contributed by atoms with Crippen LogP contribution >= 0.6 is 0 Å². The number of rotatable bonds is 3. The van der Waals surface area contributed by atoms with E-state index >= 15 is 0 Å². The highest BCUT2D eigenvalue weighted by atomic mass is 16.2. The van der Waals surface area contributed by atoms with E-state index in [0.717, 1.165) is 0 Å². The zero-order chi connectivity index (χ0) is 8.85. The van der Waals surface area contributed by atoms with Crippen molar-refractivity contribution in [2.24, 2.45) is 5.11 Å². The van der Waals surface area contributed by atoms with Gasteiger partial charge in [-0.05, 0) is 6.92 Å². The first-order valence-corrected chi connectivity index (χ1v) is 3.01. The largest absolute Gasteiger partial charge is 0.357 e. The lowest BCUT2D eigenvalue weighted by molar-refractivity contribution is -0.138. The minimum Gasteiger partial charge on any atom is -0.357 e. The molecule has 60 valence electrons. The number of hydrogen-bond donors (Lipinski definition) is 1. The summed E-state index contributed by atoms with van der Waals surface area (Å²) in [6.45, 7) is 4.32. The van der Waals surface area contributed by atoms with Crippen LogP contribution in [0.1, 0.15) is 6.92 Å². The van der Waals surface area contributed by atoms with Gasteiger partial charge in [-0.2, -0.15) is 0 Å². The maximum absolute atomic E-state index is 10.8. The molecule has 0 heterocycles. The average Bonchev–Trinajstić information content (AvgIpc) is 1.98. The van der Waals surface area contributed by atoms with E-state index in [1.807, 2.05) is 0 Å². The monoisotopic (exact) mass is 156 g/mol. The number of nitrogens with zero attached hydrogens (tertiary/aromatic N) is 2. The number of carbonyl (C=O) groups is 2. The number of hydrogen-bond acceptors (Lipinski definition) is 3. The molecule has 0 aliphatic carbocycles. The molecule has 0 saturated heterocycles. The van der Waals surface area contributed by atoms with Crippen LogP contribution in [0.5, 0.6) is 0 Å². The molecule has 0 saturated carbocycles. The van der Waals surface area contributed by atoms with Gasteiger partial charge < -0.3 is 5.32 Å². The summed E-state index contributed by atoms with van der Waals surface area (Å²) in [6.07, 6.45) is 0. The summed E-state index contributed by atoms with van der Waals surface area (Å²) in [5.41, 5.74) is 0. The molecule has 1 atom stereocenters. The van der Waals surface area contributed by atoms with E-state index in [1.165, 1.54) is 14.0 Å². The van der Waals surface area contributed by atoms with Crippen LogP contribution in [0.15, 0.2) is 5.11 Å². The Morgan fingerprint density at radius 2 is 2.18 bits per heavy atom. The molecule has 1 unspecified atom stereocenters. The Morgan fingerprint density at radius 1 is 1.64 bits per heavy atom. The van der Waals surface area contributed by atoms with Gasteiger partial charge in [0.15, 0.2) is 5.78 Å². The third kappa shape index (κ3) is 2.73. The Morgan fingerprint density at radius 3 is 2.45 bits per heavy atom. The average molecular weight is 156 g/mol. The lowest BCUT2D eigenvalue weighted by Gasteiger charge is -1.98. The van der Waals surface area contributed by atoms with Gasteiger partial charge in [-0.1, -0.05) is 0 Å². The molecule has 5 nitrogen and oxygen atoms in total. The van der Waals surface area contributed by atoms with Crippen molar-refractivity contribution in [2.45, 2.75) is 13.0 Å². The van der Waals surface area contributed by atoms with Crippen molar-refractivity contribution in [2.75, 3.05) is 7.05 Å². The van der Waals surface area contributed by atoms with Gasteiger partial charge in [0.2, 0.25) is 0 Å². The van der Waals surface area contributed by atoms with Crippen molar-refractivity contribution in [1.82, 2.24) is 5.32 Å². The molecule has 0 aromatic carbocycles. The maximum atomic E-state index is 10.8. The van der Waals surface area contributed by atoms with Gasteiger partial charge in [0.1, 0.15) is 5.11 Å². The topological polar surface area (TPSA) is 72.6 Å². The van der Waals surface area contributed by atoms with Gasteiger partial charge >= 0.3 is 0 Å². The number of carbonyl (C=O) groups excluding carboxylic acids is 2. The third-order valence-corrected chi connectivity index (χ3v) is 1.08. The van der Waals surface area contributed by atoms with Crippen LogP contribution in [-0.4, -0.2) is 36.3 Å². The molecule has 0 radical (unpaired) electrons. The minimum atomic E-state index is -1.04. The molecule has 0 aliphatic rings. The molecule has 0 aromatic rings. The zero-order valence-electron chi connectivity index (χ0n) is 6.50. The lowest BCUT2D eigenvalue weighted by atomic mass is 10.2. The lowest BCUT2D eigenvalue weighted by Crippen LogP contribution is -2.35. The van der Waals surface area contributed by atoms with Gasteiger partial charge in [-0.15, -0.1) is 0 Å². The number of ketones is 1. The van der Waals surface area contributed by atoms with E-state index in [2.05, 4.69) is 21.9 Å². The van der Waals surface area contributed by atoms with E-state index in [4.69, 9.17) is 0 Å². The summed E-state index contributed by atoms with van der Waals surface area (Å²) in [4.78, 5) is 24.6. The number of likely N-dealkylation sites (N-methyl/N-ethyl adjacent to an activating group) is 1. The normalized spacial score (nSPS) is 11.1. The molecule has 5 heteroatoms. The fourth-order valence-corrected chi connectivity index (χ4v) is 0.537. The molecule has 0 spiro atoms. The standard InChI is InChI=1S/C6H9N3O2/c1-4(10)5(9-8-3)6(11)7-2/h5H,3H2,1-2H3/p+1. The van der Waals surface area contributed by atoms with Crippen molar-refractivity contribution in [3.05, 3.63) is 0 Å². The van der Waals surface area contributed by atoms with E-state index in [9.17, 15) is 9.59 Å². The highest BCUT2D eigenvalue weighted by Gasteiger charge is 2.25. The van der Waals surface area contributed by atoms with Crippen LogP contribution in [-0.2, 0) is 9.59 Å². The molecule has 1 N–H and O–H groups in total. The first-order chi connectivity index (χ1) is 5.13. The summed E-state index contributed by atoms with van der Waals surface area (Å²) in [5.74, 6) is -0.818. The molecule has 0 aromatic heterocycles. The number of Topliss-reactive ketones (excluding diaryl/α,β-unsaturated/α-hetero) is 1. The minimum absolute atomic E-state index is 0.350. The fourth-order valence-electron chi connectivity index (χ4n) is 0.537. The zero-order valence-corrected chi connectivity index (χ0v) is 6.50. The molecule has 11 heavy (non-hydrogen) atoms. The van der Waals surface area contributed by atoms with E-state index in [-0.39, 0.29) is 5.78 Å². The van der Waals surface area contributed by atoms with E-state index in [1.54, 1.807) is 0 Å². The van der Waals surface area contributed by atoms with Gasteiger partial charge in [0.25, 0.3) is 18.7 Å². The Kier molecular flexibility index (Phi) is 3.77. The first kappa shape index (κ1) is 9.52. The third-order valence-electron chi connectivity index (χ3n) is 1.08. The van der Waals surface area contributed by atoms with E-state index < -0.39 is 11.9 Å². The Balaban J connectivity index is 4.46. The van der Waals surface area contributed by atoms with Crippen molar-refractivity contribution >= 4 is 18.4 Å². The van der Waals surface area contributed by atoms with Crippen LogP contribution < -0.4 is 5.32 Å². The van der Waals surface area contributed by atoms with Crippen molar-refractivity contribution in [1.29, 1.82) is 0 Å². The Hall–Kier alpha value is -1.48. The molecule has 0 fully saturated rings. The predicted octanol–water partition coefficient (Wildman–Crippen LogP) is -0.949. The second-order valence-corrected chi connectivity index (χ2v) is 1.88. The second-order valence-electron chi connectivity index (χ2n) is 1.88. The molecule has 0 rings (SSSR count). The SMILES string of the molecule is C=[N+]=NC(C(C)=O)C(=O)NC. The molecular formula is C6H10N3O2+. The summed E-state index contributed by atoms with van der Waals surface area (Å²) in [7, 11) is 1.43. The molecular weight excluding hydrogens is 146 g/mol. The van der Waals surface area contributed by atoms with Crippen LogP contribution in [0.4, 0.5) is 0 Å². The van der Waals surface area contributed by atoms with Gasteiger partial charge in [0, 0.05) is 11.8 Å². The summed E-state index contributed by atoms with van der Waals surface area (Å²) < 4.78 is 0. The highest BCUT2D eigenvalue weighted by Crippen LogP contribution is 1.90. The van der Waals surface area contributed by atoms with Crippen LogP contribution in [0.3, 0.4) is 0 Å². The quantitative estimate of drug-likeness (QED) is 0.247. The number of amides is 1. The summed E-state index contributed by atoms with van der Waals surface area (Å²) in [6, 6.07) is -1.04. The maximum Gasteiger partial charge on any atom is 0.295 e. The van der Waals surface area contributed by atoms with Gasteiger partial charge in [0.05, 0.1) is 0 Å². The molecule has 1 amide bonds. The smallest absolute Gasteiger partial charge is 0.295 e. The first-order valence-electron chi connectivity index (χ1n) is 3.01. The van der Waals surface area contributed by atoms with Gasteiger partial charge in [-0.25, -0.2) is 0 Å². The van der Waals surface area contributed by atoms with Crippen LogP contribution in [0, 0.1) is 0 Å². The highest BCUT2D eigenvalue weighted by molar-refractivity contribution is 6.04. The van der Waals surface area contributed by atoms with E-state index in [0.29, 0.717) is 0 Å². The molecule has 0 bridgehead atoms. The van der Waals surface area contributed by atoms with Gasteiger partial charge in [-0.3, -0.25) is 9.59 Å². The van der Waals surface area contributed by atoms with Crippen LogP contribution in [0.25, 0.3) is 0 Å². The second kappa shape index (κ2) is 4.35. The summed E-state index contributed by atoms with van der Waals surface area (Å²) in [5, 5.41) is 5.64. The molecule has 0 aliphatic heterocycles. The number of nitrogens with one attached hydrogen (secondary N) is 1. The van der Waals surface area contributed by atoms with Crippen LogP contribution in [0.2, 0.25) is 0 Å². The predicted molar refractivity (Wildman–Crippen MR) is 38.3 cm³/mol. The van der Waals surface area contributed by atoms with Crippen molar-refractivity contribution < 1.29 is 14.4 Å². The Bertz CT molecular complexity index is 216. The summed E-state index contributed by atoms with van der Waals surface area (Å²) >= 11 is 0. The Labute approximate surface area is 64.2 Å².